The van der Waals surface area contributed by atoms with Gasteiger partial charge in [-0.2, -0.15) is 18.4 Å². The lowest BCUT2D eigenvalue weighted by Gasteiger charge is -2.29. The Morgan fingerprint density at radius 3 is 2.75 bits per heavy atom. The van der Waals surface area contributed by atoms with Gasteiger partial charge in [0, 0.05) is 6.04 Å². The third-order valence-electron chi connectivity index (χ3n) is 4.77. The van der Waals surface area contributed by atoms with E-state index in [-0.39, 0.29) is 12.0 Å². The highest BCUT2D eigenvalue weighted by molar-refractivity contribution is 5.97. The molecular formula is C19H18F3N5O. The van der Waals surface area contributed by atoms with Crippen LogP contribution in [0.4, 0.5) is 19.1 Å². The summed E-state index contributed by atoms with van der Waals surface area (Å²) < 4.78 is 39.8. The van der Waals surface area contributed by atoms with Crippen LogP contribution in [0.1, 0.15) is 30.9 Å². The van der Waals surface area contributed by atoms with E-state index in [4.69, 9.17) is 11.7 Å². The van der Waals surface area contributed by atoms with Gasteiger partial charge in [-0.15, -0.1) is 6.42 Å². The van der Waals surface area contributed by atoms with Crippen molar-refractivity contribution in [2.24, 2.45) is 0 Å². The van der Waals surface area contributed by atoms with E-state index < -0.39 is 24.7 Å². The van der Waals surface area contributed by atoms with Gasteiger partial charge >= 0.3 is 6.18 Å². The lowest BCUT2D eigenvalue weighted by atomic mass is 9.92. The molecule has 1 saturated carbocycles. The number of alkyl halides is 3. The average molecular weight is 389 g/mol. The Morgan fingerprint density at radius 2 is 2.21 bits per heavy atom. The van der Waals surface area contributed by atoms with Crippen molar-refractivity contribution in [1.29, 1.82) is 5.26 Å². The molecule has 1 heterocycles. The van der Waals surface area contributed by atoms with Crippen LogP contribution in [-0.4, -0.2) is 46.2 Å². The molecule has 1 aromatic heterocycles. The third kappa shape index (κ3) is 3.95. The van der Waals surface area contributed by atoms with Gasteiger partial charge in [0.15, 0.2) is 6.04 Å². The van der Waals surface area contributed by atoms with Crippen LogP contribution in [0.5, 0.6) is 0 Å². The van der Waals surface area contributed by atoms with Crippen LogP contribution in [0, 0.1) is 23.7 Å². The van der Waals surface area contributed by atoms with Crippen LogP contribution >= 0.6 is 0 Å². The van der Waals surface area contributed by atoms with Crippen molar-refractivity contribution < 1.29 is 18.0 Å². The number of nitrogens with zero attached hydrogens (tertiary/aromatic N) is 4. The minimum Gasteiger partial charge on any atom is -0.307 e. The molecule has 2 aromatic rings. The van der Waals surface area contributed by atoms with Gasteiger partial charge in [-0.1, -0.05) is 5.92 Å². The second-order valence-corrected chi connectivity index (χ2v) is 6.79. The van der Waals surface area contributed by atoms with E-state index in [1.165, 1.54) is 0 Å². The third-order valence-corrected chi connectivity index (χ3v) is 4.77. The zero-order chi connectivity index (χ0) is 20.5. The van der Waals surface area contributed by atoms with Gasteiger partial charge in [0.2, 0.25) is 5.95 Å². The fourth-order valence-electron chi connectivity index (χ4n) is 3.22. The number of halogens is 3. The number of nitrogens with one attached hydrogen (secondary N) is 1. The standard InChI is InChI=1S/C19H18F3N5O/c1-3-15(26(2)11-19(20,21)22)17(28)25-18-24-14-8-7-12(10-23)9-16(14)27(18)13-5-4-6-13/h1,7-9,13,15H,4-6,11H2,2H3,(H,24,25,28)/t15-/m1/s1. The van der Waals surface area contributed by atoms with E-state index in [1.807, 2.05) is 4.57 Å². The first-order valence-electron chi connectivity index (χ1n) is 8.69. The number of aromatic nitrogens is 2. The maximum absolute atomic E-state index is 12.6. The molecule has 6 nitrogen and oxygen atoms in total. The molecule has 146 valence electrons. The number of hydrogen-bond acceptors (Lipinski definition) is 4. The average Bonchev–Trinajstić information content (AvgIpc) is 2.89. The number of amides is 1. The Morgan fingerprint density at radius 1 is 1.50 bits per heavy atom. The molecule has 0 saturated heterocycles. The summed E-state index contributed by atoms with van der Waals surface area (Å²) in [5.41, 5.74) is 1.74. The number of imidazole rings is 1. The van der Waals surface area contributed by atoms with Gasteiger partial charge in [0.25, 0.3) is 5.91 Å². The Labute approximate surface area is 159 Å². The van der Waals surface area contributed by atoms with Crippen LogP contribution < -0.4 is 5.32 Å². The van der Waals surface area contributed by atoms with E-state index in [9.17, 15) is 18.0 Å². The van der Waals surface area contributed by atoms with Crippen molar-refractivity contribution in [2.45, 2.75) is 37.5 Å². The molecule has 3 rings (SSSR count). The maximum atomic E-state index is 12.6. The SMILES string of the molecule is C#C[C@H](C(=O)Nc1nc2ccc(C#N)cc2n1C1CCC1)N(C)CC(F)(F)F. The molecule has 0 radical (unpaired) electrons. The highest BCUT2D eigenvalue weighted by Gasteiger charge is 2.34. The molecule has 1 aliphatic carbocycles. The van der Waals surface area contributed by atoms with E-state index in [0.29, 0.717) is 16.6 Å². The normalized spacial score (nSPS) is 15.7. The maximum Gasteiger partial charge on any atom is 0.401 e. The number of hydrogen-bond donors (Lipinski definition) is 1. The highest BCUT2D eigenvalue weighted by Crippen LogP contribution is 2.37. The predicted octanol–water partition coefficient (Wildman–Crippen LogP) is 3.07. The van der Waals surface area contributed by atoms with Crippen LogP contribution in [-0.2, 0) is 4.79 Å². The lowest BCUT2D eigenvalue weighted by molar-refractivity contribution is -0.148. The van der Waals surface area contributed by atoms with Crippen molar-refractivity contribution in [3.8, 4) is 18.4 Å². The summed E-state index contributed by atoms with van der Waals surface area (Å²) >= 11 is 0. The number of carbonyl (C=O) groups excluding carboxylic acids is 1. The number of likely N-dealkylation sites (N-methyl/N-ethyl adjacent to an activating group) is 1. The fraction of sp³-hybridized carbons (Fsp3) is 0.421. The van der Waals surface area contributed by atoms with E-state index in [2.05, 4.69) is 22.3 Å². The molecule has 28 heavy (non-hydrogen) atoms. The van der Waals surface area contributed by atoms with Gasteiger partial charge in [-0.05, 0) is 44.5 Å². The Bertz CT molecular complexity index is 978. The van der Waals surface area contributed by atoms with Gasteiger partial charge < -0.3 is 4.57 Å². The van der Waals surface area contributed by atoms with Crippen molar-refractivity contribution in [2.75, 3.05) is 18.9 Å². The minimum atomic E-state index is -4.48. The Kier molecular flexibility index (Phi) is 5.30. The molecule has 1 aliphatic rings. The number of carbonyl (C=O) groups is 1. The quantitative estimate of drug-likeness (QED) is 0.798. The second kappa shape index (κ2) is 7.53. The second-order valence-electron chi connectivity index (χ2n) is 6.79. The fourth-order valence-corrected chi connectivity index (χ4v) is 3.22. The Balaban J connectivity index is 1.91. The molecule has 1 atom stereocenters. The predicted molar refractivity (Wildman–Crippen MR) is 97.3 cm³/mol. The Hall–Kier alpha value is -3.04. The molecule has 1 aromatic carbocycles. The van der Waals surface area contributed by atoms with Crippen LogP contribution in [0.25, 0.3) is 11.0 Å². The van der Waals surface area contributed by atoms with Crippen molar-refractivity contribution in [3.63, 3.8) is 0 Å². The summed E-state index contributed by atoms with van der Waals surface area (Å²) in [5.74, 6) is 1.57. The smallest absolute Gasteiger partial charge is 0.307 e. The topological polar surface area (TPSA) is 74.0 Å². The van der Waals surface area contributed by atoms with Crippen LogP contribution in [0.3, 0.4) is 0 Å². The summed E-state index contributed by atoms with van der Waals surface area (Å²) in [7, 11) is 1.14. The van der Waals surface area contributed by atoms with Crippen molar-refractivity contribution in [3.05, 3.63) is 23.8 Å². The number of fused-ring (bicyclic) bond motifs is 1. The van der Waals surface area contributed by atoms with Crippen molar-refractivity contribution in [1.82, 2.24) is 14.5 Å². The number of benzene rings is 1. The molecule has 0 aliphatic heterocycles. The number of nitriles is 1. The summed E-state index contributed by atoms with van der Waals surface area (Å²) in [4.78, 5) is 17.7. The highest BCUT2D eigenvalue weighted by atomic mass is 19.4. The first kappa shape index (κ1) is 19.7. The molecule has 1 N–H and O–H groups in total. The molecule has 0 bridgehead atoms. The molecule has 1 fully saturated rings. The number of anilines is 1. The molecule has 9 heteroatoms. The molecular weight excluding hydrogens is 371 g/mol. The van der Waals surface area contributed by atoms with Gasteiger partial charge in [-0.25, -0.2) is 4.98 Å². The van der Waals surface area contributed by atoms with E-state index in [0.717, 1.165) is 31.2 Å². The summed E-state index contributed by atoms with van der Waals surface area (Å²) in [6, 6.07) is 5.75. The zero-order valence-electron chi connectivity index (χ0n) is 15.1. The largest absolute Gasteiger partial charge is 0.401 e. The summed E-state index contributed by atoms with van der Waals surface area (Å²) in [6.07, 6.45) is 3.63. The van der Waals surface area contributed by atoms with Gasteiger partial charge in [0.05, 0.1) is 29.2 Å². The van der Waals surface area contributed by atoms with Gasteiger partial charge in [0.1, 0.15) is 0 Å². The first-order chi connectivity index (χ1) is 13.2. The first-order valence-corrected chi connectivity index (χ1v) is 8.69. The number of terminal acetylenes is 1. The molecule has 0 unspecified atom stereocenters. The molecule has 0 spiro atoms. The summed E-state index contributed by atoms with van der Waals surface area (Å²) in [6.45, 7) is -1.31. The van der Waals surface area contributed by atoms with E-state index >= 15 is 0 Å². The minimum absolute atomic E-state index is 0.103. The monoisotopic (exact) mass is 389 g/mol. The van der Waals surface area contributed by atoms with Crippen LogP contribution in [0.15, 0.2) is 18.2 Å². The number of rotatable bonds is 5. The molecule has 1 amide bonds. The summed E-state index contributed by atoms with van der Waals surface area (Å²) in [5, 5.41) is 11.7. The van der Waals surface area contributed by atoms with Crippen LogP contribution in [0.2, 0.25) is 0 Å². The lowest BCUT2D eigenvalue weighted by Crippen LogP contribution is -2.45. The zero-order valence-corrected chi connectivity index (χ0v) is 15.1. The van der Waals surface area contributed by atoms with Gasteiger partial charge in [-0.3, -0.25) is 15.0 Å². The van der Waals surface area contributed by atoms with Crippen molar-refractivity contribution >= 4 is 22.9 Å². The van der Waals surface area contributed by atoms with E-state index in [1.54, 1.807) is 18.2 Å².